The maximum atomic E-state index is 13.1. The van der Waals surface area contributed by atoms with E-state index in [2.05, 4.69) is 0 Å². The molecule has 6 nitrogen and oxygen atoms in total. The van der Waals surface area contributed by atoms with E-state index >= 15 is 0 Å². The van der Waals surface area contributed by atoms with Crippen LogP contribution in [0.15, 0.2) is 59.5 Å². The van der Waals surface area contributed by atoms with Gasteiger partial charge in [0.25, 0.3) is 0 Å². The molecule has 2 saturated heterocycles. The normalized spacial score (nSPS) is 22.4. The van der Waals surface area contributed by atoms with Crippen LogP contribution in [0, 0.1) is 11.8 Å². The highest BCUT2D eigenvalue weighted by molar-refractivity contribution is 7.89. The third-order valence-electron chi connectivity index (χ3n) is 5.65. The van der Waals surface area contributed by atoms with Gasteiger partial charge >= 0.3 is 6.18 Å². The van der Waals surface area contributed by atoms with E-state index in [0.717, 1.165) is 0 Å². The second kappa shape index (κ2) is 8.16. The van der Waals surface area contributed by atoms with Crippen molar-refractivity contribution in [3.63, 3.8) is 0 Å². The van der Waals surface area contributed by atoms with Crippen LogP contribution in [0.25, 0.3) is 0 Å². The van der Waals surface area contributed by atoms with Crippen molar-refractivity contribution in [1.82, 2.24) is 4.31 Å². The molecule has 0 saturated carbocycles. The van der Waals surface area contributed by atoms with Crippen LogP contribution < -0.4 is 9.64 Å². The molecule has 2 aliphatic rings. The number of ether oxygens (including phenoxy) is 1. The Morgan fingerprint density at radius 3 is 2.32 bits per heavy atom. The van der Waals surface area contributed by atoms with Crippen LogP contribution in [0.4, 0.5) is 18.9 Å². The van der Waals surface area contributed by atoms with Crippen molar-refractivity contribution in [1.29, 1.82) is 0 Å². The van der Waals surface area contributed by atoms with E-state index in [1.165, 1.54) is 40.7 Å². The number of amides is 1. The van der Waals surface area contributed by atoms with E-state index < -0.39 is 28.7 Å². The molecular formula is C21H21F3N2O4S. The highest BCUT2D eigenvalue weighted by Crippen LogP contribution is 2.37. The minimum atomic E-state index is -4.43. The van der Waals surface area contributed by atoms with E-state index in [0.29, 0.717) is 25.2 Å². The van der Waals surface area contributed by atoms with Gasteiger partial charge in [-0.1, -0.05) is 18.2 Å². The van der Waals surface area contributed by atoms with E-state index in [-0.39, 0.29) is 29.0 Å². The van der Waals surface area contributed by atoms with Crippen LogP contribution in [0.5, 0.6) is 5.75 Å². The van der Waals surface area contributed by atoms with Crippen molar-refractivity contribution in [3.8, 4) is 5.75 Å². The maximum Gasteiger partial charge on any atom is 0.422 e. The van der Waals surface area contributed by atoms with Gasteiger partial charge in [0.2, 0.25) is 15.9 Å². The predicted molar refractivity (Wildman–Crippen MR) is 107 cm³/mol. The molecule has 2 aliphatic heterocycles. The molecule has 2 fully saturated rings. The third-order valence-corrected chi connectivity index (χ3v) is 7.49. The van der Waals surface area contributed by atoms with Gasteiger partial charge in [0, 0.05) is 25.3 Å². The molecule has 31 heavy (non-hydrogen) atoms. The monoisotopic (exact) mass is 454 g/mol. The molecule has 2 atom stereocenters. The Balaban J connectivity index is 1.45. The van der Waals surface area contributed by atoms with Gasteiger partial charge < -0.3 is 9.64 Å². The molecule has 0 aromatic heterocycles. The van der Waals surface area contributed by atoms with Crippen molar-refractivity contribution in [2.45, 2.75) is 17.5 Å². The average molecular weight is 454 g/mol. The standard InChI is InChI=1S/C21H21F3N2O4S/c22-21(23,24)14-30-17-8-6-16(7-9-17)26-11-10-15-12-25(13-19(15)20(26)27)31(28,29)18-4-2-1-3-5-18/h1-9,15,19H,10-14H2/t15-,19+/m1/s1. The quantitative estimate of drug-likeness (QED) is 0.696. The summed E-state index contributed by atoms with van der Waals surface area (Å²) in [7, 11) is -3.67. The first-order chi connectivity index (χ1) is 14.6. The van der Waals surface area contributed by atoms with Crippen molar-refractivity contribution in [2.75, 3.05) is 31.1 Å². The Hall–Kier alpha value is -2.59. The molecule has 0 N–H and O–H groups in total. The molecule has 2 aromatic carbocycles. The van der Waals surface area contributed by atoms with Gasteiger partial charge in [-0.05, 0) is 48.7 Å². The van der Waals surface area contributed by atoms with Gasteiger partial charge in [0.1, 0.15) is 5.75 Å². The minimum absolute atomic E-state index is 0.0587. The van der Waals surface area contributed by atoms with Gasteiger partial charge in [0.05, 0.1) is 10.8 Å². The lowest BCUT2D eigenvalue weighted by Gasteiger charge is -2.33. The summed E-state index contributed by atoms with van der Waals surface area (Å²) in [5, 5.41) is 0. The van der Waals surface area contributed by atoms with Crippen molar-refractivity contribution in [2.24, 2.45) is 11.8 Å². The maximum absolute atomic E-state index is 13.1. The second-order valence-electron chi connectivity index (χ2n) is 7.68. The van der Waals surface area contributed by atoms with Gasteiger partial charge in [-0.25, -0.2) is 8.42 Å². The lowest BCUT2D eigenvalue weighted by atomic mass is 9.87. The van der Waals surface area contributed by atoms with E-state index in [4.69, 9.17) is 4.74 Å². The van der Waals surface area contributed by atoms with E-state index in [9.17, 15) is 26.4 Å². The number of benzene rings is 2. The fraction of sp³-hybridized carbons (Fsp3) is 0.381. The molecule has 0 spiro atoms. The highest BCUT2D eigenvalue weighted by atomic mass is 32.2. The van der Waals surface area contributed by atoms with Crippen molar-refractivity contribution < 1.29 is 31.1 Å². The predicted octanol–water partition coefficient (Wildman–Crippen LogP) is 3.30. The number of rotatable bonds is 5. The van der Waals surface area contributed by atoms with Gasteiger partial charge in [0.15, 0.2) is 6.61 Å². The molecular weight excluding hydrogens is 433 g/mol. The zero-order valence-electron chi connectivity index (χ0n) is 16.5. The first kappa shape index (κ1) is 21.6. The fourth-order valence-corrected chi connectivity index (χ4v) is 5.63. The van der Waals surface area contributed by atoms with Crippen LogP contribution >= 0.6 is 0 Å². The summed E-state index contributed by atoms with van der Waals surface area (Å²) in [5.41, 5.74) is 0.548. The largest absolute Gasteiger partial charge is 0.484 e. The average Bonchev–Trinajstić information content (AvgIpc) is 3.19. The van der Waals surface area contributed by atoms with Crippen LogP contribution in [-0.2, 0) is 14.8 Å². The smallest absolute Gasteiger partial charge is 0.422 e. The highest BCUT2D eigenvalue weighted by Gasteiger charge is 2.46. The molecule has 0 bridgehead atoms. The fourth-order valence-electron chi connectivity index (χ4n) is 4.09. The summed E-state index contributed by atoms with van der Waals surface area (Å²) in [6.07, 6.45) is -3.78. The first-order valence-corrected chi connectivity index (χ1v) is 11.3. The number of hydrogen-bond donors (Lipinski definition) is 0. The third kappa shape index (κ3) is 4.54. The Morgan fingerprint density at radius 1 is 1.00 bits per heavy atom. The summed E-state index contributed by atoms with van der Waals surface area (Å²) < 4.78 is 68.8. The lowest BCUT2D eigenvalue weighted by Crippen LogP contribution is -2.45. The summed E-state index contributed by atoms with van der Waals surface area (Å²) in [6.45, 7) is -0.553. The van der Waals surface area contributed by atoms with Crippen LogP contribution in [0.3, 0.4) is 0 Å². The first-order valence-electron chi connectivity index (χ1n) is 9.81. The molecule has 4 rings (SSSR count). The zero-order chi connectivity index (χ0) is 22.2. The lowest BCUT2D eigenvalue weighted by molar-refractivity contribution is -0.153. The summed E-state index contributed by atoms with van der Waals surface area (Å²) in [4.78, 5) is 14.8. The number of carbonyl (C=O) groups is 1. The van der Waals surface area contributed by atoms with E-state index in [1.54, 1.807) is 23.1 Å². The summed E-state index contributed by atoms with van der Waals surface area (Å²) in [6, 6.07) is 14.0. The Labute approximate surface area is 178 Å². The van der Waals surface area contributed by atoms with E-state index in [1.807, 2.05) is 0 Å². The van der Waals surface area contributed by atoms with Gasteiger partial charge in [-0.15, -0.1) is 0 Å². The van der Waals surface area contributed by atoms with Crippen molar-refractivity contribution in [3.05, 3.63) is 54.6 Å². The molecule has 1 amide bonds. The van der Waals surface area contributed by atoms with Gasteiger partial charge in [-0.2, -0.15) is 17.5 Å². The second-order valence-corrected chi connectivity index (χ2v) is 9.62. The number of halogens is 3. The molecule has 0 aliphatic carbocycles. The Morgan fingerprint density at radius 2 is 1.68 bits per heavy atom. The van der Waals surface area contributed by atoms with Gasteiger partial charge in [-0.3, -0.25) is 4.79 Å². The summed E-state index contributed by atoms with van der Waals surface area (Å²) >= 11 is 0. The molecule has 0 radical (unpaired) electrons. The number of sulfonamides is 1. The van der Waals surface area contributed by atoms with Crippen molar-refractivity contribution >= 4 is 21.6 Å². The number of carbonyl (C=O) groups excluding carboxylic acids is 1. The number of alkyl halides is 3. The Bertz CT molecular complexity index is 1040. The SMILES string of the molecule is O=C1[C@H]2CN(S(=O)(=O)c3ccccc3)C[C@H]2CCN1c1ccc(OCC(F)(F)F)cc1. The topological polar surface area (TPSA) is 66.9 Å². The van der Waals surface area contributed by atoms with Crippen LogP contribution in [0.1, 0.15) is 6.42 Å². The summed E-state index contributed by atoms with van der Waals surface area (Å²) in [5.74, 6) is -0.625. The van der Waals surface area contributed by atoms with Crippen LogP contribution in [-0.4, -0.2) is 51.0 Å². The number of anilines is 1. The molecule has 2 aromatic rings. The minimum Gasteiger partial charge on any atom is -0.484 e. The molecule has 10 heteroatoms. The zero-order valence-corrected chi connectivity index (χ0v) is 17.3. The molecule has 2 heterocycles. The molecule has 0 unspecified atom stereocenters. The number of nitrogens with zero attached hydrogens (tertiary/aromatic N) is 2. The van der Waals surface area contributed by atoms with Crippen LogP contribution in [0.2, 0.25) is 0 Å². The number of hydrogen-bond acceptors (Lipinski definition) is 4. The molecule has 166 valence electrons. The number of piperidine rings is 1. The number of fused-ring (bicyclic) bond motifs is 1. The Kier molecular flexibility index (Phi) is 5.69.